The Morgan fingerprint density at radius 3 is 2.31 bits per heavy atom. The fraction of sp³-hybridized carbons (Fsp3) is 0.650. The molecule has 26 heavy (non-hydrogen) atoms. The molecule has 1 saturated carbocycles. The van der Waals surface area contributed by atoms with Crippen molar-refractivity contribution < 1.29 is 4.79 Å². The lowest BCUT2D eigenvalue weighted by atomic mass is 9.71. The van der Waals surface area contributed by atoms with E-state index in [9.17, 15) is 4.79 Å². The molecule has 1 aliphatic carbocycles. The summed E-state index contributed by atoms with van der Waals surface area (Å²) in [7, 11) is 0. The molecule has 2 aliphatic rings. The Morgan fingerprint density at radius 1 is 1.08 bits per heavy atom. The third kappa shape index (κ3) is 5.51. The van der Waals surface area contributed by atoms with Crippen molar-refractivity contribution in [1.29, 1.82) is 0 Å². The largest absolute Gasteiger partial charge is 0.368 e. The van der Waals surface area contributed by atoms with Gasteiger partial charge in [0.25, 0.3) is 0 Å². The van der Waals surface area contributed by atoms with Crippen LogP contribution in [0.4, 0.5) is 5.69 Å². The topological polar surface area (TPSA) is 49.6 Å². The van der Waals surface area contributed by atoms with E-state index in [1.165, 1.54) is 30.5 Å². The number of carbonyl (C=O) groups excluding carboxylic acids is 1. The Morgan fingerprint density at radius 2 is 1.73 bits per heavy atom. The molecule has 0 unspecified atom stereocenters. The minimum absolute atomic E-state index is 0. The molecular formula is C20H33Cl2N3O. The number of aryl methyl sites for hydroxylation is 1. The predicted molar refractivity (Wildman–Crippen MR) is 114 cm³/mol. The zero-order chi connectivity index (χ0) is 17.0. The number of piperazine rings is 1. The number of nitrogens with zero attached hydrogens (tertiary/aromatic N) is 2. The standard InChI is InChI=1S/C20H31N3O.2ClH/c1-17-6-5-7-18(14-17)22-10-12-23(13-11-22)19(24)15-20(16-21)8-3-2-4-9-20;;/h5-7,14H,2-4,8-13,15-16,21H2,1H3;2*1H. The molecule has 3 rings (SSSR count). The van der Waals surface area contributed by atoms with E-state index in [2.05, 4.69) is 41.0 Å². The van der Waals surface area contributed by atoms with Crippen LogP contribution < -0.4 is 10.6 Å². The zero-order valence-corrected chi connectivity index (χ0v) is 17.4. The summed E-state index contributed by atoms with van der Waals surface area (Å²) in [5.74, 6) is 0.311. The van der Waals surface area contributed by atoms with E-state index >= 15 is 0 Å². The van der Waals surface area contributed by atoms with Crippen LogP contribution >= 0.6 is 24.8 Å². The fourth-order valence-corrected chi connectivity index (χ4v) is 4.23. The molecule has 0 bridgehead atoms. The van der Waals surface area contributed by atoms with Crippen LogP contribution in [0.3, 0.4) is 0 Å². The minimum atomic E-state index is 0. The van der Waals surface area contributed by atoms with Gasteiger partial charge >= 0.3 is 0 Å². The van der Waals surface area contributed by atoms with Crippen molar-refractivity contribution in [3.63, 3.8) is 0 Å². The van der Waals surface area contributed by atoms with Crippen molar-refractivity contribution in [3.05, 3.63) is 29.8 Å². The van der Waals surface area contributed by atoms with Gasteiger partial charge in [-0.2, -0.15) is 0 Å². The van der Waals surface area contributed by atoms with Crippen molar-refractivity contribution in [3.8, 4) is 0 Å². The van der Waals surface area contributed by atoms with Gasteiger partial charge in [0.15, 0.2) is 0 Å². The Bertz CT molecular complexity index is 568. The van der Waals surface area contributed by atoms with Crippen LogP contribution in [-0.4, -0.2) is 43.5 Å². The van der Waals surface area contributed by atoms with Crippen LogP contribution in [0.15, 0.2) is 24.3 Å². The second-order valence-electron chi connectivity index (χ2n) is 7.65. The lowest BCUT2D eigenvalue weighted by Gasteiger charge is -2.40. The smallest absolute Gasteiger partial charge is 0.223 e. The van der Waals surface area contributed by atoms with E-state index in [1.54, 1.807) is 0 Å². The number of hydrogen-bond acceptors (Lipinski definition) is 3. The summed E-state index contributed by atoms with van der Waals surface area (Å²) in [4.78, 5) is 17.2. The van der Waals surface area contributed by atoms with Crippen molar-refractivity contribution in [1.82, 2.24) is 4.90 Å². The normalized spacial score (nSPS) is 19.3. The monoisotopic (exact) mass is 401 g/mol. The molecule has 2 fully saturated rings. The first-order chi connectivity index (χ1) is 11.6. The summed E-state index contributed by atoms with van der Waals surface area (Å²) in [5.41, 5.74) is 8.68. The van der Waals surface area contributed by atoms with Gasteiger partial charge in [-0.25, -0.2) is 0 Å². The van der Waals surface area contributed by atoms with Gasteiger partial charge in [-0.3, -0.25) is 4.79 Å². The highest BCUT2D eigenvalue weighted by molar-refractivity contribution is 5.85. The maximum atomic E-state index is 12.8. The van der Waals surface area contributed by atoms with Gasteiger partial charge in [0.2, 0.25) is 5.91 Å². The maximum Gasteiger partial charge on any atom is 0.223 e. The van der Waals surface area contributed by atoms with E-state index in [4.69, 9.17) is 5.73 Å². The van der Waals surface area contributed by atoms with E-state index in [-0.39, 0.29) is 30.2 Å². The van der Waals surface area contributed by atoms with Crippen molar-refractivity contribution in [2.45, 2.75) is 45.4 Å². The Hall–Kier alpha value is -0.970. The lowest BCUT2D eigenvalue weighted by molar-refractivity contribution is -0.134. The highest BCUT2D eigenvalue weighted by Gasteiger charge is 2.35. The van der Waals surface area contributed by atoms with E-state index in [0.717, 1.165) is 39.0 Å². The molecule has 148 valence electrons. The molecule has 1 aromatic rings. The molecule has 1 heterocycles. The molecule has 1 aromatic carbocycles. The molecular weight excluding hydrogens is 369 g/mol. The summed E-state index contributed by atoms with van der Waals surface area (Å²) < 4.78 is 0. The molecule has 6 heteroatoms. The number of benzene rings is 1. The summed E-state index contributed by atoms with van der Waals surface area (Å²) in [6, 6.07) is 8.62. The summed E-state index contributed by atoms with van der Waals surface area (Å²) in [6.07, 6.45) is 6.65. The SMILES string of the molecule is Cc1cccc(N2CCN(C(=O)CC3(CN)CCCCC3)CC2)c1.Cl.Cl. The van der Waals surface area contributed by atoms with Crippen LogP contribution in [0.25, 0.3) is 0 Å². The number of amides is 1. The van der Waals surface area contributed by atoms with E-state index in [0.29, 0.717) is 18.9 Å². The van der Waals surface area contributed by atoms with Gasteiger partial charge in [0.1, 0.15) is 0 Å². The molecule has 1 aliphatic heterocycles. The molecule has 0 atom stereocenters. The number of anilines is 1. The van der Waals surface area contributed by atoms with Crippen LogP contribution in [0, 0.1) is 12.3 Å². The van der Waals surface area contributed by atoms with Gasteiger partial charge < -0.3 is 15.5 Å². The van der Waals surface area contributed by atoms with E-state index in [1.807, 2.05) is 0 Å². The Balaban J connectivity index is 0.00000169. The number of nitrogens with two attached hydrogens (primary N) is 1. The first-order valence-corrected chi connectivity index (χ1v) is 9.41. The fourth-order valence-electron chi connectivity index (χ4n) is 4.23. The maximum absolute atomic E-state index is 12.8. The minimum Gasteiger partial charge on any atom is -0.368 e. The highest BCUT2D eigenvalue weighted by Crippen LogP contribution is 2.38. The third-order valence-corrected chi connectivity index (χ3v) is 5.87. The quantitative estimate of drug-likeness (QED) is 0.834. The summed E-state index contributed by atoms with van der Waals surface area (Å²) in [6.45, 7) is 6.28. The Kier molecular flexibility index (Phi) is 9.22. The number of hydrogen-bond donors (Lipinski definition) is 1. The number of halogens is 2. The van der Waals surface area contributed by atoms with Gasteiger partial charge in [0.05, 0.1) is 0 Å². The molecule has 0 aromatic heterocycles. The van der Waals surface area contributed by atoms with Gasteiger partial charge in [-0.05, 0) is 49.4 Å². The van der Waals surface area contributed by atoms with Crippen LogP contribution in [0.5, 0.6) is 0 Å². The van der Waals surface area contributed by atoms with Crippen molar-refractivity contribution in [2.24, 2.45) is 11.1 Å². The first-order valence-electron chi connectivity index (χ1n) is 9.41. The molecule has 1 saturated heterocycles. The molecule has 0 spiro atoms. The van der Waals surface area contributed by atoms with Crippen molar-refractivity contribution >= 4 is 36.4 Å². The van der Waals surface area contributed by atoms with Crippen LogP contribution in [-0.2, 0) is 4.79 Å². The van der Waals surface area contributed by atoms with Crippen molar-refractivity contribution in [2.75, 3.05) is 37.6 Å². The molecule has 0 radical (unpaired) electrons. The summed E-state index contributed by atoms with van der Waals surface area (Å²) in [5, 5.41) is 0. The molecule has 2 N–H and O–H groups in total. The third-order valence-electron chi connectivity index (χ3n) is 5.87. The lowest BCUT2D eigenvalue weighted by Crippen LogP contribution is -2.50. The highest BCUT2D eigenvalue weighted by atomic mass is 35.5. The van der Waals surface area contributed by atoms with E-state index < -0.39 is 0 Å². The van der Waals surface area contributed by atoms with Gasteiger partial charge in [-0.1, -0.05) is 31.4 Å². The average molecular weight is 402 g/mol. The predicted octanol–water partition coefficient (Wildman–Crippen LogP) is 3.79. The molecule has 4 nitrogen and oxygen atoms in total. The van der Waals surface area contributed by atoms with Crippen LogP contribution in [0.1, 0.15) is 44.1 Å². The summed E-state index contributed by atoms with van der Waals surface area (Å²) >= 11 is 0. The zero-order valence-electron chi connectivity index (χ0n) is 15.8. The van der Waals surface area contributed by atoms with Gasteiger partial charge in [0, 0.05) is 38.3 Å². The van der Waals surface area contributed by atoms with Gasteiger partial charge in [-0.15, -0.1) is 24.8 Å². The van der Waals surface area contributed by atoms with Crippen LogP contribution in [0.2, 0.25) is 0 Å². The number of carbonyl (C=O) groups is 1. The number of rotatable bonds is 4. The Labute approximate surface area is 170 Å². The second-order valence-corrected chi connectivity index (χ2v) is 7.65. The first kappa shape index (κ1) is 23.1. The molecule has 1 amide bonds. The average Bonchev–Trinajstić information content (AvgIpc) is 2.62. The second kappa shape index (κ2) is 10.4.